The van der Waals surface area contributed by atoms with Crippen molar-refractivity contribution < 1.29 is 9.90 Å². The van der Waals surface area contributed by atoms with Gasteiger partial charge in [-0.2, -0.15) is 0 Å². The number of aliphatic imine (C=N–C) groups is 1. The lowest BCUT2D eigenvalue weighted by Gasteiger charge is -2.06. The zero-order valence-corrected chi connectivity index (χ0v) is 13.5. The number of benzene rings is 2. The summed E-state index contributed by atoms with van der Waals surface area (Å²) in [5.41, 5.74) is 2.67. The van der Waals surface area contributed by atoms with Gasteiger partial charge in [-0.25, -0.2) is 0 Å². The number of hydrogen-bond donors (Lipinski definition) is 2. The molecule has 2 aromatic carbocycles. The van der Waals surface area contributed by atoms with Crippen LogP contribution in [0.1, 0.15) is 18.1 Å². The molecule has 0 heterocycles. The largest absolute Gasteiger partial charge is 0.506 e. The Hall–Kier alpha value is -2.04. The van der Waals surface area contributed by atoms with E-state index in [1.165, 1.54) is 19.2 Å². The van der Waals surface area contributed by atoms with Gasteiger partial charge in [-0.3, -0.25) is 9.79 Å². The van der Waals surface area contributed by atoms with Crippen molar-refractivity contribution in [3.63, 3.8) is 0 Å². The first-order chi connectivity index (χ1) is 10.4. The van der Waals surface area contributed by atoms with Crippen LogP contribution in [0.25, 0.3) is 0 Å². The van der Waals surface area contributed by atoms with Crippen molar-refractivity contribution in [2.45, 2.75) is 13.8 Å². The topological polar surface area (TPSA) is 61.7 Å². The smallest absolute Gasteiger partial charge is 0.221 e. The van der Waals surface area contributed by atoms with E-state index in [1.54, 1.807) is 18.2 Å². The molecule has 0 aliphatic heterocycles. The van der Waals surface area contributed by atoms with Gasteiger partial charge in [0, 0.05) is 29.4 Å². The fourth-order valence-corrected chi connectivity index (χ4v) is 2.36. The molecule has 0 fully saturated rings. The van der Waals surface area contributed by atoms with Gasteiger partial charge in [0.2, 0.25) is 5.91 Å². The number of anilines is 1. The molecule has 0 bridgehead atoms. The van der Waals surface area contributed by atoms with Gasteiger partial charge in [-0.05, 0) is 36.8 Å². The highest BCUT2D eigenvalue weighted by Gasteiger charge is 2.06. The SMILES string of the molecule is CC(=O)Nc1ccc(C)c(/N=C/c2cc(Cl)cc(Cl)c2O)c1. The standard InChI is InChI=1S/C16H14Cl2N2O2/c1-9-3-4-13(20-10(2)21)7-15(9)19-8-11-5-12(17)6-14(18)16(11)22/h3-8,22H,1-2H3,(H,20,21)/b19-8+. The van der Waals surface area contributed by atoms with Crippen molar-refractivity contribution >= 4 is 46.7 Å². The number of phenolic OH excluding ortho intramolecular Hbond substituents is 1. The van der Waals surface area contributed by atoms with Crippen molar-refractivity contribution in [3.05, 3.63) is 51.5 Å². The number of aryl methyl sites for hydroxylation is 1. The summed E-state index contributed by atoms with van der Waals surface area (Å²) in [5.74, 6) is -0.233. The molecule has 0 aromatic heterocycles. The van der Waals surface area contributed by atoms with Crippen molar-refractivity contribution in [1.29, 1.82) is 0 Å². The van der Waals surface area contributed by atoms with Gasteiger partial charge < -0.3 is 10.4 Å². The van der Waals surface area contributed by atoms with Crippen molar-refractivity contribution in [3.8, 4) is 5.75 Å². The predicted molar refractivity (Wildman–Crippen MR) is 90.9 cm³/mol. The Morgan fingerprint density at radius 2 is 2.00 bits per heavy atom. The third-order valence-corrected chi connectivity index (χ3v) is 3.44. The van der Waals surface area contributed by atoms with Crippen LogP contribution in [0.4, 0.5) is 11.4 Å². The number of nitrogens with one attached hydrogen (secondary N) is 1. The highest BCUT2D eigenvalue weighted by molar-refractivity contribution is 6.36. The Labute approximate surface area is 138 Å². The molecule has 2 N–H and O–H groups in total. The molecule has 114 valence electrons. The minimum absolute atomic E-state index is 0.0783. The van der Waals surface area contributed by atoms with Crippen LogP contribution >= 0.6 is 23.2 Å². The highest BCUT2D eigenvalue weighted by atomic mass is 35.5. The van der Waals surface area contributed by atoms with Gasteiger partial charge in [-0.15, -0.1) is 0 Å². The molecule has 4 nitrogen and oxygen atoms in total. The maximum atomic E-state index is 11.1. The fraction of sp³-hybridized carbons (Fsp3) is 0.125. The molecule has 22 heavy (non-hydrogen) atoms. The van der Waals surface area contributed by atoms with E-state index in [9.17, 15) is 9.90 Å². The summed E-state index contributed by atoms with van der Waals surface area (Å²) in [7, 11) is 0. The van der Waals surface area contributed by atoms with Crippen LogP contribution in [0, 0.1) is 6.92 Å². The lowest BCUT2D eigenvalue weighted by atomic mass is 10.1. The Kier molecular flexibility index (Phi) is 5.06. The van der Waals surface area contributed by atoms with Crippen LogP contribution in [-0.2, 0) is 4.79 Å². The second-order valence-electron chi connectivity index (χ2n) is 4.77. The Morgan fingerprint density at radius 1 is 1.27 bits per heavy atom. The van der Waals surface area contributed by atoms with Crippen LogP contribution in [-0.4, -0.2) is 17.2 Å². The van der Waals surface area contributed by atoms with Crippen LogP contribution in [0.15, 0.2) is 35.3 Å². The molecule has 0 saturated carbocycles. The first-order valence-electron chi connectivity index (χ1n) is 6.47. The Bertz CT molecular complexity index is 758. The maximum absolute atomic E-state index is 11.1. The molecule has 0 aliphatic rings. The first kappa shape index (κ1) is 16.3. The van der Waals surface area contributed by atoms with E-state index in [0.29, 0.717) is 22.0 Å². The molecule has 2 rings (SSSR count). The van der Waals surface area contributed by atoms with E-state index in [0.717, 1.165) is 5.56 Å². The second-order valence-corrected chi connectivity index (χ2v) is 5.61. The van der Waals surface area contributed by atoms with E-state index in [1.807, 2.05) is 13.0 Å². The molecule has 1 amide bonds. The van der Waals surface area contributed by atoms with Crippen LogP contribution < -0.4 is 5.32 Å². The van der Waals surface area contributed by atoms with E-state index in [-0.39, 0.29) is 16.7 Å². The summed E-state index contributed by atoms with van der Waals surface area (Å²) in [6.07, 6.45) is 1.48. The van der Waals surface area contributed by atoms with Gasteiger partial charge in [0.15, 0.2) is 0 Å². The lowest BCUT2D eigenvalue weighted by molar-refractivity contribution is -0.114. The fourth-order valence-electron chi connectivity index (χ4n) is 1.85. The van der Waals surface area contributed by atoms with Crippen molar-refractivity contribution in [2.75, 3.05) is 5.32 Å². The van der Waals surface area contributed by atoms with Crippen LogP contribution in [0.3, 0.4) is 0 Å². The second kappa shape index (κ2) is 6.81. The summed E-state index contributed by atoms with van der Waals surface area (Å²) in [6, 6.07) is 8.42. The van der Waals surface area contributed by atoms with Gasteiger partial charge in [0.1, 0.15) is 5.75 Å². The molecular formula is C16H14Cl2N2O2. The minimum Gasteiger partial charge on any atom is -0.506 e. The first-order valence-corrected chi connectivity index (χ1v) is 7.22. The summed E-state index contributed by atoms with van der Waals surface area (Å²) in [4.78, 5) is 15.4. The molecule has 0 spiro atoms. The number of carbonyl (C=O) groups excluding carboxylic acids is 1. The summed E-state index contributed by atoms with van der Waals surface area (Å²) in [5, 5.41) is 13.2. The lowest BCUT2D eigenvalue weighted by Crippen LogP contribution is -2.05. The maximum Gasteiger partial charge on any atom is 0.221 e. The molecular weight excluding hydrogens is 323 g/mol. The number of nitrogens with zero attached hydrogens (tertiary/aromatic N) is 1. The summed E-state index contributed by atoms with van der Waals surface area (Å²) >= 11 is 11.8. The number of halogens is 2. The number of hydrogen-bond acceptors (Lipinski definition) is 3. The van der Waals surface area contributed by atoms with Gasteiger partial charge in [0.25, 0.3) is 0 Å². The number of phenols is 1. The van der Waals surface area contributed by atoms with Crippen LogP contribution in [0.2, 0.25) is 10.0 Å². The molecule has 0 saturated heterocycles. The predicted octanol–water partition coefficient (Wildman–Crippen LogP) is 4.72. The van der Waals surface area contributed by atoms with E-state index < -0.39 is 0 Å². The molecule has 0 radical (unpaired) electrons. The Balaban J connectivity index is 2.36. The number of carbonyl (C=O) groups is 1. The number of amides is 1. The molecule has 2 aromatic rings. The van der Waals surface area contributed by atoms with E-state index >= 15 is 0 Å². The van der Waals surface area contributed by atoms with Gasteiger partial charge in [-0.1, -0.05) is 29.3 Å². The molecule has 0 atom stereocenters. The number of rotatable bonds is 3. The zero-order chi connectivity index (χ0) is 16.3. The third kappa shape index (κ3) is 4.00. The minimum atomic E-state index is -0.155. The Morgan fingerprint density at radius 3 is 2.68 bits per heavy atom. The van der Waals surface area contributed by atoms with E-state index in [4.69, 9.17) is 23.2 Å². The quantitative estimate of drug-likeness (QED) is 0.797. The number of aromatic hydroxyl groups is 1. The van der Waals surface area contributed by atoms with Crippen molar-refractivity contribution in [1.82, 2.24) is 0 Å². The van der Waals surface area contributed by atoms with Crippen LogP contribution in [0.5, 0.6) is 5.75 Å². The summed E-state index contributed by atoms with van der Waals surface area (Å²) in [6.45, 7) is 3.34. The van der Waals surface area contributed by atoms with Gasteiger partial charge in [0.05, 0.1) is 10.7 Å². The average molecular weight is 337 g/mol. The zero-order valence-electron chi connectivity index (χ0n) is 12.0. The summed E-state index contributed by atoms with van der Waals surface area (Å²) < 4.78 is 0. The average Bonchev–Trinajstić information content (AvgIpc) is 2.43. The van der Waals surface area contributed by atoms with Gasteiger partial charge >= 0.3 is 0 Å². The highest BCUT2D eigenvalue weighted by Crippen LogP contribution is 2.31. The monoisotopic (exact) mass is 336 g/mol. The van der Waals surface area contributed by atoms with E-state index in [2.05, 4.69) is 10.3 Å². The van der Waals surface area contributed by atoms with Crippen molar-refractivity contribution in [2.24, 2.45) is 4.99 Å². The molecule has 0 unspecified atom stereocenters. The molecule has 6 heteroatoms. The normalized spacial score (nSPS) is 10.9. The third-order valence-electron chi connectivity index (χ3n) is 2.93. The molecule has 0 aliphatic carbocycles.